The summed E-state index contributed by atoms with van der Waals surface area (Å²) >= 11 is 5.17. The number of pyridine rings is 1. The third-order valence-corrected chi connectivity index (χ3v) is 4.80. The minimum absolute atomic E-state index is 0.0179. The van der Waals surface area contributed by atoms with Crippen LogP contribution in [0.25, 0.3) is 0 Å². The molecule has 0 bridgehead atoms. The van der Waals surface area contributed by atoms with Crippen molar-refractivity contribution in [1.29, 1.82) is 0 Å². The molecule has 0 amide bonds. The zero-order valence-corrected chi connectivity index (χ0v) is 13.9. The quantitative estimate of drug-likeness (QED) is 0.818. The summed E-state index contributed by atoms with van der Waals surface area (Å²) in [6.07, 6.45) is 3.46. The Hall–Kier alpha value is -0.750. The Balaban J connectivity index is 1.95. The van der Waals surface area contributed by atoms with E-state index >= 15 is 0 Å². The highest BCUT2D eigenvalue weighted by atomic mass is 79.9. The summed E-state index contributed by atoms with van der Waals surface area (Å²) in [5.41, 5.74) is 7.23. The van der Waals surface area contributed by atoms with Gasteiger partial charge >= 0.3 is 0 Å². The lowest BCUT2D eigenvalue weighted by Crippen LogP contribution is -2.29. The average molecular weight is 355 g/mol. The molecule has 3 nitrogen and oxygen atoms in total. The van der Waals surface area contributed by atoms with Crippen molar-refractivity contribution in [2.24, 2.45) is 5.73 Å². The van der Waals surface area contributed by atoms with Crippen LogP contribution in [-0.4, -0.2) is 17.6 Å². The van der Waals surface area contributed by atoms with E-state index in [0.29, 0.717) is 6.61 Å². The van der Waals surface area contributed by atoms with Gasteiger partial charge in [-0.05, 0) is 46.6 Å². The fourth-order valence-electron chi connectivity index (χ4n) is 1.95. The number of nitrogens with two attached hydrogens (primary N) is 1. The van der Waals surface area contributed by atoms with Crippen molar-refractivity contribution in [3.05, 3.63) is 50.9 Å². The summed E-state index contributed by atoms with van der Waals surface area (Å²) < 4.78 is 7.13. The highest BCUT2D eigenvalue weighted by Crippen LogP contribution is 2.31. The molecule has 2 rings (SSSR count). The van der Waals surface area contributed by atoms with Crippen molar-refractivity contribution in [3.8, 4) is 0 Å². The Morgan fingerprint density at radius 1 is 1.35 bits per heavy atom. The van der Waals surface area contributed by atoms with Gasteiger partial charge in [-0.3, -0.25) is 4.98 Å². The van der Waals surface area contributed by atoms with Crippen molar-refractivity contribution in [2.75, 3.05) is 6.61 Å². The zero-order chi connectivity index (χ0) is 14.4. The number of nitrogens with zero attached hydrogens (tertiary/aromatic N) is 1. The summed E-state index contributed by atoms with van der Waals surface area (Å²) in [5.74, 6) is 0. The number of rotatable bonds is 7. The standard InChI is InChI=1S/C15H19BrN2OS/c1-2-12(17)15(13-6-7-14(16)20-13)19-10-8-11-5-3-4-9-18-11/h3-7,9,12,15H,2,8,10,17H2,1H3. The molecule has 0 aromatic carbocycles. The monoisotopic (exact) mass is 354 g/mol. The van der Waals surface area contributed by atoms with Gasteiger partial charge in [-0.2, -0.15) is 0 Å². The van der Waals surface area contributed by atoms with Gasteiger partial charge in [0.15, 0.2) is 0 Å². The van der Waals surface area contributed by atoms with Crippen LogP contribution in [0.2, 0.25) is 0 Å². The molecule has 0 aliphatic carbocycles. The van der Waals surface area contributed by atoms with Gasteiger partial charge in [-0.25, -0.2) is 0 Å². The van der Waals surface area contributed by atoms with Gasteiger partial charge in [0.1, 0.15) is 6.10 Å². The molecular weight excluding hydrogens is 336 g/mol. The van der Waals surface area contributed by atoms with Gasteiger partial charge in [0.05, 0.1) is 10.4 Å². The fourth-order valence-corrected chi connectivity index (χ4v) is 3.50. The second kappa shape index (κ2) is 7.88. The van der Waals surface area contributed by atoms with Gasteiger partial charge in [0.2, 0.25) is 0 Å². The molecule has 0 aliphatic rings. The Morgan fingerprint density at radius 2 is 2.20 bits per heavy atom. The van der Waals surface area contributed by atoms with Gasteiger partial charge < -0.3 is 10.5 Å². The molecule has 0 radical (unpaired) electrons. The molecule has 108 valence electrons. The zero-order valence-electron chi connectivity index (χ0n) is 11.5. The predicted molar refractivity (Wildman–Crippen MR) is 86.9 cm³/mol. The Kier molecular flexibility index (Phi) is 6.16. The van der Waals surface area contributed by atoms with Gasteiger partial charge in [0, 0.05) is 29.2 Å². The third-order valence-electron chi connectivity index (χ3n) is 3.12. The molecule has 5 heteroatoms. The predicted octanol–water partition coefficient (Wildman–Crippen LogP) is 3.94. The molecule has 2 heterocycles. The van der Waals surface area contributed by atoms with Gasteiger partial charge in [-0.15, -0.1) is 11.3 Å². The summed E-state index contributed by atoms with van der Waals surface area (Å²) in [4.78, 5) is 5.47. The molecule has 0 fully saturated rings. The fraction of sp³-hybridized carbons (Fsp3) is 0.400. The highest BCUT2D eigenvalue weighted by molar-refractivity contribution is 9.11. The molecular formula is C15H19BrN2OS. The van der Waals surface area contributed by atoms with Gasteiger partial charge in [-0.1, -0.05) is 13.0 Å². The lowest BCUT2D eigenvalue weighted by atomic mass is 10.1. The van der Waals surface area contributed by atoms with Crippen LogP contribution in [0.15, 0.2) is 40.3 Å². The topological polar surface area (TPSA) is 48.1 Å². The number of aromatic nitrogens is 1. The van der Waals surface area contributed by atoms with E-state index in [2.05, 4.69) is 33.9 Å². The lowest BCUT2D eigenvalue weighted by molar-refractivity contribution is 0.0375. The second-order valence-corrected chi connectivity index (χ2v) is 7.07. The SMILES string of the molecule is CCC(N)C(OCCc1ccccn1)c1ccc(Br)s1. The van der Waals surface area contributed by atoms with E-state index < -0.39 is 0 Å². The molecule has 2 aromatic rings. The van der Waals surface area contributed by atoms with E-state index in [4.69, 9.17) is 10.5 Å². The van der Waals surface area contributed by atoms with Crippen LogP contribution in [0.5, 0.6) is 0 Å². The summed E-state index contributed by atoms with van der Waals surface area (Å²) in [6.45, 7) is 2.72. The first-order valence-corrected chi connectivity index (χ1v) is 8.34. The molecule has 20 heavy (non-hydrogen) atoms. The molecule has 2 aromatic heterocycles. The minimum Gasteiger partial charge on any atom is -0.371 e. The summed E-state index contributed by atoms with van der Waals surface area (Å²) in [5, 5.41) is 0. The number of thiophene rings is 1. The smallest absolute Gasteiger partial charge is 0.107 e. The van der Waals surface area contributed by atoms with Crippen molar-refractivity contribution in [1.82, 2.24) is 4.98 Å². The van der Waals surface area contributed by atoms with E-state index in [1.807, 2.05) is 24.3 Å². The molecule has 0 spiro atoms. The van der Waals surface area contributed by atoms with Crippen LogP contribution in [0, 0.1) is 0 Å². The lowest BCUT2D eigenvalue weighted by Gasteiger charge is -2.22. The minimum atomic E-state index is -0.0417. The maximum Gasteiger partial charge on any atom is 0.107 e. The average Bonchev–Trinajstić information content (AvgIpc) is 2.90. The molecule has 2 atom stereocenters. The molecule has 0 saturated heterocycles. The molecule has 2 N–H and O–H groups in total. The first-order valence-electron chi connectivity index (χ1n) is 6.73. The van der Waals surface area contributed by atoms with Crippen LogP contribution in [0.3, 0.4) is 0 Å². The van der Waals surface area contributed by atoms with Crippen molar-refractivity contribution >= 4 is 27.3 Å². The van der Waals surface area contributed by atoms with Crippen LogP contribution in [-0.2, 0) is 11.2 Å². The summed E-state index contributed by atoms with van der Waals surface area (Å²) in [7, 11) is 0. The van der Waals surface area contributed by atoms with E-state index in [1.54, 1.807) is 17.5 Å². The van der Waals surface area contributed by atoms with Gasteiger partial charge in [0.25, 0.3) is 0 Å². The Labute approximate surface area is 132 Å². The highest BCUT2D eigenvalue weighted by Gasteiger charge is 2.20. The first-order chi connectivity index (χ1) is 9.70. The van der Waals surface area contributed by atoms with Crippen molar-refractivity contribution < 1.29 is 4.74 Å². The number of hydrogen-bond acceptors (Lipinski definition) is 4. The molecule has 0 saturated carbocycles. The van der Waals surface area contributed by atoms with Crippen molar-refractivity contribution in [2.45, 2.75) is 31.9 Å². The van der Waals surface area contributed by atoms with E-state index in [0.717, 1.165) is 22.3 Å². The van der Waals surface area contributed by atoms with E-state index in [1.165, 1.54) is 4.88 Å². The number of ether oxygens (including phenoxy) is 1. The Bertz CT molecular complexity index is 518. The van der Waals surface area contributed by atoms with E-state index in [-0.39, 0.29) is 12.1 Å². The second-order valence-electron chi connectivity index (χ2n) is 4.58. The third kappa shape index (κ3) is 4.38. The Morgan fingerprint density at radius 3 is 2.80 bits per heavy atom. The summed E-state index contributed by atoms with van der Waals surface area (Å²) in [6, 6.07) is 10.1. The largest absolute Gasteiger partial charge is 0.371 e. The molecule has 0 aliphatic heterocycles. The van der Waals surface area contributed by atoms with Crippen molar-refractivity contribution in [3.63, 3.8) is 0 Å². The van der Waals surface area contributed by atoms with Crippen LogP contribution in [0.1, 0.15) is 30.0 Å². The molecule has 2 unspecified atom stereocenters. The maximum absolute atomic E-state index is 6.19. The number of halogens is 1. The maximum atomic E-state index is 6.19. The first kappa shape index (κ1) is 15.6. The number of hydrogen-bond donors (Lipinski definition) is 1. The van der Waals surface area contributed by atoms with Crippen LogP contribution < -0.4 is 5.73 Å². The van der Waals surface area contributed by atoms with Crippen LogP contribution in [0.4, 0.5) is 0 Å². The normalized spacial score (nSPS) is 14.2. The van der Waals surface area contributed by atoms with Crippen LogP contribution >= 0.6 is 27.3 Å². The van der Waals surface area contributed by atoms with E-state index in [9.17, 15) is 0 Å².